The monoisotopic (exact) mass is 313 g/mol. The predicted octanol–water partition coefficient (Wildman–Crippen LogP) is 3.30. The van der Waals surface area contributed by atoms with E-state index in [1.54, 1.807) is 0 Å². The third kappa shape index (κ3) is 3.82. The molecule has 1 amide bonds. The normalized spacial score (nSPS) is 16.4. The quantitative estimate of drug-likeness (QED) is 0.860. The van der Waals surface area contributed by atoms with Crippen LogP contribution in [0.25, 0.3) is 11.3 Å². The van der Waals surface area contributed by atoms with E-state index in [0.717, 1.165) is 42.8 Å². The number of aryl methyl sites for hydroxylation is 1. The first-order valence-electron chi connectivity index (χ1n) is 8.27. The van der Waals surface area contributed by atoms with Crippen LogP contribution in [0.15, 0.2) is 46.9 Å². The molecule has 0 radical (unpaired) electrons. The summed E-state index contributed by atoms with van der Waals surface area (Å²) in [6.45, 7) is 0.0254. The van der Waals surface area contributed by atoms with Gasteiger partial charge >= 0.3 is 0 Å². The van der Waals surface area contributed by atoms with Crippen LogP contribution in [0.4, 0.5) is 0 Å². The van der Waals surface area contributed by atoms with Gasteiger partial charge in [-0.3, -0.25) is 4.79 Å². The standard InChI is InChI=1S/C19H23NO3/c21-14-19(12-4-5-13-19)20-18(22)11-9-16-8-10-17(23-16)15-6-2-1-3-7-15/h1-3,6-8,10,21H,4-5,9,11-14H2,(H,20,22). The number of aliphatic hydroxyl groups is 1. The molecule has 23 heavy (non-hydrogen) atoms. The Bertz CT molecular complexity index is 642. The Morgan fingerprint density at radius 1 is 1.13 bits per heavy atom. The van der Waals surface area contributed by atoms with Crippen LogP contribution in [0.5, 0.6) is 0 Å². The number of nitrogens with one attached hydrogen (secondary N) is 1. The highest BCUT2D eigenvalue weighted by molar-refractivity contribution is 5.77. The molecular weight excluding hydrogens is 290 g/mol. The highest BCUT2D eigenvalue weighted by atomic mass is 16.3. The number of hydrogen-bond acceptors (Lipinski definition) is 3. The Kier molecular flexibility index (Phi) is 4.82. The molecule has 1 fully saturated rings. The van der Waals surface area contributed by atoms with E-state index in [0.29, 0.717) is 12.8 Å². The van der Waals surface area contributed by atoms with E-state index in [1.807, 2.05) is 42.5 Å². The van der Waals surface area contributed by atoms with E-state index < -0.39 is 5.54 Å². The molecule has 1 heterocycles. The van der Waals surface area contributed by atoms with Crippen molar-refractivity contribution in [2.75, 3.05) is 6.61 Å². The zero-order valence-corrected chi connectivity index (χ0v) is 13.3. The second-order valence-electron chi connectivity index (χ2n) is 6.33. The molecule has 2 N–H and O–H groups in total. The van der Waals surface area contributed by atoms with Gasteiger partial charge in [-0.2, -0.15) is 0 Å². The summed E-state index contributed by atoms with van der Waals surface area (Å²) < 4.78 is 5.81. The SMILES string of the molecule is O=C(CCc1ccc(-c2ccccc2)o1)NC1(CO)CCCC1. The number of carbonyl (C=O) groups excluding carboxylic acids is 1. The smallest absolute Gasteiger partial charge is 0.220 e. The molecule has 4 nitrogen and oxygen atoms in total. The number of carbonyl (C=O) groups is 1. The maximum absolute atomic E-state index is 12.1. The fraction of sp³-hybridized carbons (Fsp3) is 0.421. The summed E-state index contributed by atoms with van der Waals surface area (Å²) >= 11 is 0. The molecule has 1 aromatic heterocycles. The van der Waals surface area contributed by atoms with Crippen LogP contribution in [0.3, 0.4) is 0 Å². The summed E-state index contributed by atoms with van der Waals surface area (Å²) in [5, 5.41) is 12.6. The Hall–Kier alpha value is -2.07. The lowest BCUT2D eigenvalue weighted by molar-refractivity contribution is -0.123. The summed E-state index contributed by atoms with van der Waals surface area (Å²) in [6, 6.07) is 13.8. The first-order valence-corrected chi connectivity index (χ1v) is 8.27. The largest absolute Gasteiger partial charge is 0.461 e. The molecule has 3 rings (SSSR count). The van der Waals surface area contributed by atoms with Gasteiger partial charge in [0.25, 0.3) is 0 Å². The van der Waals surface area contributed by atoms with E-state index in [9.17, 15) is 9.90 Å². The van der Waals surface area contributed by atoms with Crippen LogP contribution in [-0.2, 0) is 11.2 Å². The number of rotatable bonds is 6. The average Bonchev–Trinajstić information content (AvgIpc) is 3.24. The third-order valence-electron chi connectivity index (χ3n) is 4.59. The van der Waals surface area contributed by atoms with Crippen molar-refractivity contribution < 1.29 is 14.3 Å². The molecule has 0 spiro atoms. The van der Waals surface area contributed by atoms with E-state index >= 15 is 0 Å². The maximum Gasteiger partial charge on any atom is 0.220 e. The third-order valence-corrected chi connectivity index (χ3v) is 4.59. The van der Waals surface area contributed by atoms with Crippen molar-refractivity contribution in [1.29, 1.82) is 0 Å². The van der Waals surface area contributed by atoms with Gasteiger partial charge in [-0.15, -0.1) is 0 Å². The minimum absolute atomic E-state index is 0.0152. The van der Waals surface area contributed by atoms with Gasteiger partial charge < -0.3 is 14.8 Å². The number of furan rings is 1. The van der Waals surface area contributed by atoms with Crippen molar-refractivity contribution >= 4 is 5.91 Å². The summed E-state index contributed by atoms with van der Waals surface area (Å²) in [6.07, 6.45) is 4.82. The molecular formula is C19H23NO3. The lowest BCUT2D eigenvalue weighted by Gasteiger charge is -2.27. The summed E-state index contributed by atoms with van der Waals surface area (Å²) in [4.78, 5) is 12.1. The molecule has 1 saturated carbocycles. The van der Waals surface area contributed by atoms with Crippen LogP contribution in [0.2, 0.25) is 0 Å². The molecule has 2 aromatic rings. The van der Waals surface area contributed by atoms with Gasteiger partial charge in [-0.1, -0.05) is 43.2 Å². The van der Waals surface area contributed by atoms with Crippen LogP contribution in [0.1, 0.15) is 37.9 Å². The zero-order chi connectivity index (χ0) is 16.1. The molecule has 0 atom stereocenters. The Morgan fingerprint density at radius 2 is 1.87 bits per heavy atom. The fourth-order valence-corrected chi connectivity index (χ4v) is 3.24. The van der Waals surface area contributed by atoms with E-state index in [4.69, 9.17) is 4.42 Å². The van der Waals surface area contributed by atoms with Gasteiger partial charge in [0, 0.05) is 18.4 Å². The van der Waals surface area contributed by atoms with Gasteiger partial charge in [-0.05, 0) is 25.0 Å². The second-order valence-corrected chi connectivity index (χ2v) is 6.33. The second kappa shape index (κ2) is 7.01. The van der Waals surface area contributed by atoms with E-state index in [1.165, 1.54) is 0 Å². The van der Waals surface area contributed by atoms with E-state index in [-0.39, 0.29) is 12.5 Å². The maximum atomic E-state index is 12.1. The number of hydrogen-bond donors (Lipinski definition) is 2. The number of amides is 1. The lowest BCUT2D eigenvalue weighted by Crippen LogP contribution is -2.49. The van der Waals surface area contributed by atoms with Crippen LogP contribution in [-0.4, -0.2) is 23.2 Å². The minimum Gasteiger partial charge on any atom is -0.461 e. The predicted molar refractivity (Wildman–Crippen MR) is 88.9 cm³/mol. The van der Waals surface area contributed by atoms with Crippen molar-refractivity contribution in [3.63, 3.8) is 0 Å². The Morgan fingerprint density at radius 3 is 2.57 bits per heavy atom. The van der Waals surface area contributed by atoms with E-state index in [2.05, 4.69) is 5.32 Å². The molecule has 0 bridgehead atoms. The summed E-state index contributed by atoms with van der Waals surface area (Å²) in [7, 11) is 0. The van der Waals surface area contributed by atoms with Gasteiger partial charge in [0.15, 0.2) is 0 Å². The molecule has 1 aliphatic rings. The molecule has 122 valence electrons. The Balaban J connectivity index is 1.54. The van der Waals surface area contributed by atoms with Crippen molar-refractivity contribution in [3.8, 4) is 11.3 Å². The molecule has 4 heteroatoms. The molecule has 0 saturated heterocycles. The zero-order valence-electron chi connectivity index (χ0n) is 13.3. The minimum atomic E-state index is -0.393. The van der Waals surface area contributed by atoms with Crippen LogP contribution >= 0.6 is 0 Å². The molecule has 1 aliphatic carbocycles. The molecule has 0 unspecified atom stereocenters. The van der Waals surface area contributed by atoms with Crippen molar-refractivity contribution in [1.82, 2.24) is 5.32 Å². The van der Waals surface area contributed by atoms with Crippen LogP contribution < -0.4 is 5.32 Å². The van der Waals surface area contributed by atoms with Crippen molar-refractivity contribution in [3.05, 3.63) is 48.2 Å². The lowest BCUT2D eigenvalue weighted by atomic mass is 9.98. The van der Waals surface area contributed by atoms with Gasteiger partial charge in [-0.25, -0.2) is 0 Å². The topological polar surface area (TPSA) is 62.5 Å². The number of benzene rings is 1. The van der Waals surface area contributed by atoms with Crippen LogP contribution in [0, 0.1) is 0 Å². The average molecular weight is 313 g/mol. The highest BCUT2D eigenvalue weighted by Crippen LogP contribution is 2.29. The van der Waals surface area contributed by atoms with Crippen molar-refractivity contribution in [2.45, 2.75) is 44.1 Å². The molecule has 1 aromatic carbocycles. The first-order chi connectivity index (χ1) is 11.2. The van der Waals surface area contributed by atoms with Crippen molar-refractivity contribution in [2.24, 2.45) is 0 Å². The van der Waals surface area contributed by atoms with Gasteiger partial charge in [0.2, 0.25) is 5.91 Å². The van der Waals surface area contributed by atoms with Gasteiger partial charge in [0.05, 0.1) is 12.1 Å². The summed E-state index contributed by atoms with van der Waals surface area (Å²) in [5.74, 6) is 1.62. The number of aliphatic hydroxyl groups excluding tert-OH is 1. The van der Waals surface area contributed by atoms with Gasteiger partial charge in [0.1, 0.15) is 11.5 Å². The Labute approximate surface area is 136 Å². The summed E-state index contributed by atoms with van der Waals surface area (Å²) in [5.41, 5.74) is 0.642. The fourth-order valence-electron chi connectivity index (χ4n) is 3.24. The molecule has 0 aliphatic heterocycles. The first kappa shape index (κ1) is 15.8. The highest BCUT2D eigenvalue weighted by Gasteiger charge is 2.34.